The molecule has 1 fully saturated rings. The highest BCUT2D eigenvalue weighted by Crippen LogP contribution is 2.17. The van der Waals surface area contributed by atoms with Crippen molar-refractivity contribution in [1.29, 1.82) is 5.26 Å². The van der Waals surface area contributed by atoms with Gasteiger partial charge in [0, 0.05) is 17.9 Å². The zero-order valence-electron chi connectivity index (χ0n) is 12.8. The second-order valence-corrected chi connectivity index (χ2v) is 5.54. The molecule has 23 heavy (non-hydrogen) atoms. The summed E-state index contributed by atoms with van der Waals surface area (Å²) in [6.45, 7) is 0. The molecule has 4 N–H and O–H groups in total. The standard InChI is InChI=1S/C17H20N4O2/c18-10-12(16(22)21-13-6-2-1-3-7-13)11-20-17(23)14-8-4-5-9-15(14)19/h4-5,8-9,11,13H,1-3,6-7,19H2,(H,20,23)(H,21,22)/b12-11-. The summed E-state index contributed by atoms with van der Waals surface area (Å²) in [5.41, 5.74) is 6.23. The van der Waals surface area contributed by atoms with Gasteiger partial charge in [0.2, 0.25) is 0 Å². The number of nitrogens with two attached hydrogens (primary N) is 1. The van der Waals surface area contributed by atoms with E-state index >= 15 is 0 Å². The first kappa shape index (κ1) is 16.6. The van der Waals surface area contributed by atoms with Crippen LogP contribution in [0, 0.1) is 11.3 Å². The lowest BCUT2D eigenvalue weighted by atomic mass is 9.95. The first-order valence-electron chi connectivity index (χ1n) is 7.68. The van der Waals surface area contributed by atoms with Crippen LogP contribution in [0.4, 0.5) is 5.69 Å². The Labute approximate surface area is 135 Å². The Morgan fingerprint density at radius 3 is 2.57 bits per heavy atom. The average molecular weight is 312 g/mol. The van der Waals surface area contributed by atoms with Gasteiger partial charge in [-0.05, 0) is 25.0 Å². The quantitative estimate of drug-likeness (QED) is 0.448. The summed E-state index contributed by atoms with van der Waals surface area (Å²) >= 11 is 0. The Morgan fingerprint density at radius 1 is 1.22 bits per heavy atom. The van der Waals surface area contributed by atoms with Crippen molar-refractivity contribution >= 4 is 17.5 Å². The van der Waals surface area contributed by atoms with Crippen LogP contribution >= 0.6 is 0 Å². The number of nitrogens with one attached hydrogen (secondary N) is 2. The molecule has 0 saturated heterocycles. The van der Waals surface area contributed by atoms with E-state index in [1.54, 1.807) is 24.3 Å². The van der Waals surface area contributed by atoms with Gasteiger partial charge in [0.15, 0.2) is 0 Å². The van der Waals surface area contributed by atoms with Gasteiger partial charge in [0.05, 0.1) is 5.56 Å². The van der Waals surface area contributed by atoms with E-state index < -0.39 is 11.8 Å². The van der Waals surface area contributed by atoms with Gasteiger partial charge >= 0.3 is 0 Å². The molecule has 0 aromatic heterocycles. The Hall–Kier alpha value is -2.81. The molecule has 1 aromatic rings. The molecule has 120 valence electrons. The summed E-state index contributed by atoms with van der Waals surface area (Å²) in [5.74, 6) is -0.915. The maximum atomic E-state index is 12.1. The van der Waals surface area contributed by atoms with E-state index in [9.17, 15) is 9.59 Å². The molecule has 0 aliphatic heterocycles. The van der Waals surface area contributed by atoms with E-state index in [1.165, 1.54) is 6.42 Å². The fourth-order valence-corrected chi connectivity index (χ4v) is 2.58. The number of rotatable bonds is 4. The molecule has 1 aromatic carbocycles. The highest BCUT2D eigenvalue weighted by Gasteiger charge is 2.18. The van der Waals surface area contributed by atoms with Crippen LogP contribution in [0.3, 0.4) is 0 Å². The van der Waals surface area contributed by atoms with Crippen molar-refractivity contribution in [2.24, 2.45) is 0 Å². The molecule has 0 unspecified atom stereocenters. The molecular weight excluding hydrogens is 292 g/mol. The van der Waals surface area contributed by atoms with E-state index in [4.69, 9.17) is 11.0 Å². The largest absolute Gasteiger partial charge is 0.398 e. The fraction of sp³-hybridized carbons (Fsp3) is 0.353. The van der Waals surface area contributed by atoms with Crippen LogP contribution in [0.25, 0.3) is 0 Å². The lowest BCUT2D eigenvalue weighted by Crippen LogP contribution is -2.37. The molecule has 0 atom stereocenters. The molecule has 1 aliphatic carbocycles. The molecule has 1 saturated carbocycles. The molecule has 6 heteroatoms. The van der Waals surface area contributed by atoms with Gasteiger partial charge in [-0.1, -0.05) is 31.4 Å². The summed E-state index contributed by atoms with van der Waals surface area (Å²) in [5, 5.41) is 14.4. The number of anilines is 1. The van der Waals surface area contributed by atoms with E-state index in [1.807, 2.05) is 6.07 Å². The average Bonchev–Trinajstić information content (AvgIpc) is 2.56. The van der Waals surface area contributed by atoms with Crippen LogP contribution in [0.5, 0.6) is 0 Å². The second kappa shape index (κ2) is 7.99. The van der Waals surface area contributed by atoms with E-state index in [0.29, 0.717) is 11.3 Å². The number of nitriles is 1. The molecule has 0 heterocycles. The minimum Gasteiger partial charge on any atom is -0.398 e. The number of para-hydroxylation sites is 1. The summed E-state index contributed by atoms with van der Waals surface area (Å²) < 4.78 is 0. The van der Waals surface area contributed by atoms with E-state index in [0.717, 1.165) is 31.9 Å². The van der Waals surface area contributed by atoms with Crippen molar-refractivity contribution in [3.8, 4) is 6.07 Å². The fourth-order valence-electron chi connectivity index (χ4n) is 2.58. The predicted octanol–water partition coefficient (Wildman–Crippen LogP) is 1.85. The molecule has 2 amide bonds. The number of amides is 2. The minimum atomic E-state index is -0.458. The summed E-state index contributed by atoms with van der Waals surface area (Å²) in [6, 6.07) is 8.52. The van der Waals surface area contributed by atoms with Gasteiger partial charge in [0.1, 0.15) is 11.6 Å². The number of nitrogen functional groups attached to an aromatic ring is 1. The maximum Gasteiger partial charge on any atom is 0.263 e. The zero-order chi connectivity index (χ0) is 16.7. The monoisotopic (exact) mass is 312 g/mol. The number of carbonyl (C=O) groups excluding carboxylic acids is 2. The molecule has 0 spiro atoms. The highest BCUT2D eigenvalue weighted by molar-refractivity contribution is 6.01. The third-order valence-electron chi connectivity index (χ3n) is 3.86. The van der Waals surface area contributed by atoms with Gasteiger partial charge in [0.25, 0.3) is 11.8 Å². The Kier molecular flexibility index (Phi) is 5.75. The molecule has 1 aliphatic rings. The molecular formula is C17H20N4O2. The van der Waals surface area contributed by atoms with Crippen molar-refractivity contribution in [3.05, 3.63) is 41.6 Å². The smallest absolute Gasteiger partial charge is 0.263 e. The minimum absolute atomic E-state index is 0.105. The zero-order valence-corrected chi connectivity index (χ0v) is 12.8. The van der Waals surface area contributed by atoms with Crippen molar-refractivity contribution in [1.82, 2.24) is 10.6 Å². The predicted molar refractivity (Wildman–Crippen MR) is 87.0 cm³/mol. The first-order chi connectivity index (χ1) is 11.1. The van der Waals surface area contributed by atoms with Gasteiger partial charge in [-0.25, -0.2) is 0 Å². The molecule has 6 nitrogen and oxygen atoms in total. The first-order valence-corrected chi connectivity index (χ1v) is 7.68. The Morgan fingerprint density at radius 2 is 1.91 bits per heavy atom. The third-order valence-corrected chi connectivity index (χ3v) is 3.86. The van der Waals surface area contributed by atoms with Crippen LogP contribution in [0.15, 0.2) is 36.0 Å². The SMILES string of the molecule is N#C/C(=C/NC(=O)c1ccccc1N)C(=O)NC1CCCCC1. The maximum absolute atomic E-state index is 12.1. The van der Waals surface area contributed by atoms with Gasteiger partial charge in [-0.2, -0.15) is 5.26 Å². The molecule has 0 radical (unpaired) electrons. The number of carbonyl (C=O) groups is 2. The number of hydrogen-bond acceptors (Lipinski definition) is 4. The van der Waals surface area contributed by atoms with Crippen molar-refractivity contribution < 1.29 is 9.59 Å². The van der Waals surface area contributed by atoms with E-state index in [-0.39, 0.29) is 11.6 Å². The topological polar surface area (TPSA) is 108 Å². The van der Waals surface area contributed by atoms with E-state index in [2.05, 4.69) is 10.6 Å². The van der Waals surface area contributed by atoms with Crippen molar-refractivity contribution in [3.63, 3.8) is 0 Å². The lowest BCUT2D eigenvalue weighted by molar-refractivity contribution is -0.118. The highest BCUT2D eigenvalue weighted by atomic mass is 16.2. The lowest BCUT2D eigenvalue weighted by Gasteiger charge is -2.22. The number of hydrogen-bond donors (Lipinski definition) is 3. The Bertz CT molecular complexity index is 655. The van der Waals surface area contributed by atoms with Crippen LogP contribution in [0.2, 0.25) is 0 Å². The Balaban J connectivity index is 1.98. The second-order valence-electron chi connectivity index (χ2n) is 5.54. The summed E-state index contributed by atoms with van der Waals surface area (Å²) in [7, 11) is 0. The van der Waals surface area contributed by atoms with Crippen molar-refractivity contribution in [2.75, 3.05) is 5.73 Å². The summed E-state index contributed by atoms with van der Waals surface area (Å²) in [4.78, 5) is 24.1. The number of nitrogens with zero attached hydrogens (tertiary/aromatic N) is 1. The van der Waals surface area contributed by atoms with Crippen LogP contribution in [-0.2, 0) is 4.79 Å². The van der Waals surface area contributed by atoms with Gasteiger partial charge in [-0.3, -0.25) is 9.59 Å². The normalized spacial score (nSPS) is 15.5. The van der Waals surface area contributed by atoms with Crippen LogP contribution < -0.4 is 16.4 Å². The van der Waals surface area contributed by atoms with Crippen molar-refractivity contribution in [2.45, 2.75) is 38.1 Å². The van der Waals surface area contributed by atoms with Gasteiger partial charge < -0.3 is 16.4 Å². The van der Waals surface area contributed by atoms with Crippen LogP contribution in [0.1, 0.15) is 42.5 Å². The van der Waals surface area contributed by atoms with Crippen LogP contribution in [-0.4, -0.2) is 17.9 Å². The molecule has 2 rings (SSSR count). The van der Waals surface area contributed by atoms with Gasteiger partial charge in [-0.15, -0.1) is 0 Å². The third kappa shape index (κ3) is 4.58. The number of benzene rings is 1. The molecule has 0 bridgehead atoms. The summed E-state index contributed by atoms with van der Waals surface area (Å²) in [6.07, 6.45) is 6.34.